The highest BCUT2D eigenvalue weighted by molar-refractivity contribution is 5.99. The fraction of sp³-hybridized carbons (Fsp3) is 0.600. The number of hydrogen-bond acceptors (Lipinski definition) is 5. The van der Waals surface area contributed by atoms with Crippen LogP contribution in [0.15, 0.2) is 12.3 Å². The van der Waals surface area contributed by atoms with Crippen molar-refractivity contribution in [2.45, 2.75) is 38.1 Å². The van der Waals surface area contributed by atoms with Gasteiger partial charge in [0.2, 0.25) is 0 Å². The first-order valence-electron chi connectivity index (χ1n) is 7.37. The Morgan fingerprint density at radius 3 is 2.67 bits per heavy atom. The highest BCUT2D eigenvalue weighted by Gasteiger charge is 2.36. The molecule has 2 rings (SSSR count). The molecule has 0 bridgehead atoms. The molecule has 0 aliphatic heterocycles. The maximum absolute atomic E-state index is 12.4. The van der Waals surface area contributed by atoms with Gasteiger partial charge in [-0.2, -0.15) is 0 Å². The Kier molecular flexibility index (Phi) is 4.80. The van der Waals surface area contributed by atoms with Crippen LogP contribution in [0.2, 0.25) is 0 Å². The Labute approximate surface area is 126 Å². The average Bonchev–Trinajstić information content (AvgIpc) is 2.94. The molecule has 0 unspecified atom stereocenters. The molecule has 1 saturated carbocycles. The second kappa shape index (κ2) is 6.41. The van der Waals surface area contributed by atoms with E-state index in [1.54, 1.807) is 12.3 Å². The van der Waals surface area contributed by atoms with E-state index in [4.69, 9.17) is 5.84 Å². The predicted octanol–water partition coefficient (Wildman–Crippen LogP) is 1.28. The van der Waals surface area contributed by atoms with Gasteiger partial charge in [-0.25, -0.2) is 0 Å². The zero-order chi connectivity index (χ0) is 15.5. The molecule has 1 heterocycles. The minimum Gasteiger partial charge on any atom is -0.350 e. The molecule has 0 saturated heterocycles. The molecule has 1 fully saturated rings. The van der Waals surface area contributed by atoms with E-state index in [2.05, 4.69) is 34.7 Å². The normalized spacial score (nSPS) is 17.0. The van der Waals surface area contributed by atoms with Crippen molar-refractivity contribution in [3.63, 3.8) is 0 Å². The maximum Gasteiger partial charge on any atom is 0.255 e. The highest BCUT2D eigenvalue weighted by atomic mass is 16.1. The van der Waals surface area contributed by atoms with E-state index in [0.29, 0.717) is 17.8 Å². The average molecular weight is 291 g/mol. The van der Waals surface area contributed by atoms with Crippen molar-refractivity contribution < 1.29 is 4.79 Å². The number of hydrazine groups is 1. The lowest BCUT2D eigenvalue weighted by atomic mass is 9.96. The van der Waals surface area contributed by atoms with Gasteiger partial charge in [-0.1, -0.05) is 12.8 Å². The Hall–Kier alpha value is -1.66. The fourth-order valence-corrected chi connectivity index (χ4v) is 3.02. The second-order valence-electron chi connectivity index (χ2n) is 6.02. The van der Waals surface area contributed by atoms with E-state index in [0.717, 1.165) is 18.5 Å². The largest absolute Gasteiger partial charge is 0.350 e. The van der Waals surface area contributed by atoms with Crippen LogP contribution in [0.1, 0.15) is 41.7 Å². The van der Waals surface area contributed by atoms with Gasteiger partial charge in [0.05, 0.1) is 11.3 Å². The number of aryl methyl sites for hydroxylation is 1. The number of amides is 1. The van der Waals surface area contributed by atoms with E-state index in [-0.39, 0.29) is 11.4 Å². The molecule has 0 atom stereocenters. The van der Waals surface area contributed by atoms with Gasteiger partial charge in [0, 0.05) is 24.0 Å². The second-order valence-corrected chi connectivity index (χ2v) is 6.02. The summed E-state index contributed by atoms with van der Waals surface area (Å²) in [6.07, 6.45) is 6.24. The smallest absolute Gasteiger partial charge is 0.255 e. The summed E-state index contributed by atoms with van der Waals surface area (Å²) >= 11 is 0. The summed E-state index contributed by atoms with van der Waals surface area (Å²) in [5.41, 5.74) is 4.54. The zero-order valence-corrected chi connectivity index (χ0v) is 13.1. The van der Waals surface area contributed by atoms with Crippen LogP contribution in [-0.2, 0) is 0 Å². The van der Waals surface area contributed by atoms with E-state index < -0.39 is 0 Å². The third-order valence-electron chi connectivity index (χ3n) is 4.50. The van der Waals surface area contributed by atoms with Crippen molar-refractivity contribution in [3.05, 3.63) is 23.5 Å². The van der Waals surface area contributed by atoms with Gasteiger partial charge in [0.15, 0.2) is 0 Å². The number of hydrogen-bond donors (Lipinski definition) is 3. The first-order valence-corrected chi connectivity index (χ1v) is 7.37. The van der Waals surface area contributed by atoms with Crippen LogP contribution in [-0.4, -0.2) is 42.0 Å². The summed E-state index contributed by atoms with van der Waals surface area (Å²) in [5, 5.41) is 3.04. The summed E-state index contributed by atoms with van der Waals surface area (Å²) in [5.74, 6) is 5.35. The molecule has 21 heavy (non-hydrogen) atoms. The lowest BCUT2D eigenvalue weighted by Gasteiger charge is -2.36. The number of nitrogens with zero attached hydrogens (tertiary/aromatic N) is 2. The first kappa shape index (κ1) is 15.7. The number of carbonyl (C=O) groups is 1. The van der Waals surface area contributed by atoms with E-state index in [1.165, 1.54) is 12.8 Å². The summed E-state index contributed by atoms with van der Waals surface area (Å²) < 4.78 is 0. The van der Waals surface area contributed by atoms with Crippen molar-refractivity contribution in [1.82, 2.24) is 15.2 Å². The summed E-state index contributed by atoms with van der Waals surface area (Å²) in [4.78, 5) is 18.8. The number of anilines is 1. The topological polar surface area (TPSA) is 83.3 Å². The van der Waals surface area contributed by atoms with Crippen LogP contribution < -0.4 is 16.6 Å². The van der Waals surface area contributed by atoms with Crippen LogP contribution in [0.5, 0.6) is 0 Å². The molecule has 4 N–H and O–H groups in total. The molecule has 1 aromatic rings. The van der Waals surface area contributed by atoms with Gasteiger partial charge >= 0.3 is 0 Å². The third-order valence-corrected chi connectivity index (χ3v) is 4.50. The number of rotatable bonds is 5. The van der Waals surface area contributed by atoms with Gasteiger partial charge in [-0.05, 0) is 39.9 Å². The number of aromatic nitrogens is 1. The van der Waals surface area contributed by atoms with Gasteiger partial charge < -0.3 is 15.6 Å². The molecule has 1 aromatic heterocycles. The van der Waals surface area contributed by atoms with Crippen LogP contribution in [0.4, 0.5) is 5.69 Å². The fourth-order valence-electron chi connectivity index (χ4n) is 3.02. The van der Waals surface area contributed by atoms with E-state index in [9.17, 15) is 4.79 Å². The summed E-state index contributed by atoms with van der Waals surface area (Å²) in [6.45, 7) is 2.51. The Balaban J connectivity index is 2.08. The molecular formula is C15H25N5O. The van der Waals surface area contributed by atoms with Crippen LogP contribution in [0.25, 0.3) is 0 Å². The number of nitrogens with one attached hydrogen (secondary N) is 2. The standard InChI is InChI=1S/C15H25N5O/c1-11-8-13(19-16)12(9-17-11)14(21)18-10-15(20(2)3)6-4-5-7-15/h8-9H,4-7,10,16H2,1-3H3,(H,17,19)(H,18,21). The highest BCUT2D eigenvalue weighted by Crippen LogP contribution is 2.33. The number of likely N-dealkylation sites (N-methyl/N-ethyl adjacent to an activating group) is 1. The van der Waals surface area contributed by atoms with E-state index in [1.807, 2.05) is 6.92 Å². The number of nitrogens with two attached hydrogens (primary N) is 1. The minimum atomic E-state index is -0.136. The number of pyridine rings is 1. The zero-order valence-electron chi connectivity index (χ0n) is 13.1. The van der Waals surface area contributed by atoms with Crippen molar-refractivity contribution in [1.29, 1.82) is 0 Å². The predicted molar refractivity (Wildman–Crippen MR) is 84.0 cm³/mol. The van der Waals surface area contributed by atoms with Gasteiger partial charge in [0.25, 0.3) is 5.91 Å². The molecule has 0 radical (unpaired) electrons. The molecule has 1 amide bonds. The molecule has 116 valence electrons. The Bertz CT molecular complexity index is 509. The Morgan fingerprint density at radius 2 is 2.10 bits per heavy atom. The first-order chi connectivity index (χ1) is 9.98. The third kappa shape index (κ3) is 3.33. The number of nitrogen functional groups attached to an aromatic ring is 1. The van der Waals surface area contributed by atoms with Gasteiger partial charge in [0.1, 0.15) is 0 Å². The molecule has 0 aromatic carbocycles. The minimum absolute atomic E-state index is 0.0735. The van der Waals surface area contributed by atoms with Crippen molar-refractivity contribution in [2.24, 2.45) is 5.84 Å². The quantitative estimate of drug-likeness (QED) is 0.562. The maximum atomic E-state index is 12.4. The van der Waals surface area contributed by atoms with Crippen molar-refractivity contribution in [2.75, 3.05) is 26.1 Å². The van der Waals surface area contributed by atoms with E-state index >= 15 is 0 Å². The summed E-state index contributed by atoms with van der Waals surface area (Å²) in [6, 6.07) is 1.77. The SMILES string of the molecule is Cc1cc(NN)c(C(=O)NCC2(N(C)C)CCCC2)cn1. The van der Waals surface area contributed by atoms with Crippen molar-refractivity contribution in [3.8, 4) is 0 Å². The van der Waals surface area contributed by atoms with Crippen LogP contribution >= 0.6 is 0 Å². The lowest BCUT2D eigenvalue weighted by molar-refractivity contribution is 0.0900. The molecule has 6 nitrogen and oxygen atoms in total. The molecule has 6 heteroatoms. The Morgan fingerprint density at radius 1 is 1.43 bits per heavy atom. The monoisotopic (exact) mass is 291 g/mol. The van der Waals surface area contributed by atoms with Crippen molar-refractivity contribution >= 4 is 11.6 Å². The van der Waals surface area contributed by atoms with Crippen LogP contribution in [0, 0.1) is 6.92 Å². The molecular weight excluding hydrogens is 266 g/mol. The molecule has 1 aliphatic rings. The lowest BCUT2D eigenvalue weighted by Crippen LogP contribution is -2.50. The van der Waals surface area contributed by atoms with Gasteiger partial charge in [-0.15, -0.1) is 0 Å². The van der Waals surface area contributed by atoms with Crippen LogP contribution in [0.3, 0.4) is 0 Å². The number of carbonyl (C=O) groups excluding carboxylic acids is 1. The van der Waals surface area contributed by atoms with Gasteiger partial charge in [-0.3, -0.25) is 15.6 Å². The molecule has 0 spiro atoms. The molecule has 1 aliphatic carbocycles. The summed E-state index contributed by atoms with van der Waals surface area (Å²) in [7, 11) is 4.16.